The molecule has 0 radical (unpaired) electrons. The number of nitrogens with zero attached hydrogens (tertiary/aromatic N) is 1. The molecule has 3 rings (SSSR count). The van der Waals surface area contributed by atoms with Gasteiger partial charge in [-0.25, -0.2) is 12.7 Å². The highest BCUT2D eigenvalue weighted by Crippen LogP contribution is 2.30. The first-order chi connectivity index (χ1) is 14.1. The summed E-state index contributed by atoms with van der Waals surface area (Å²) < 4.78 is 65.0. The fourth-order valence-electron chi connectivity index (χ4n) is 3.46. The number of halogens is 3. The molecule has 1 unspecified atom stereocenters. The third-order valence-corrected chi connectivity index (χ3v) is 7.02. The Morgan fingerprint density at radius 3 is 2.43 bits per heavy atom. The highest BCUT2D eigenvalue weighted by molar-refractivity contribution is 7.88. The Morgan fingerprint density at radius 1 is 1.13 bits per heavy atom. The number of carbonyl (C=O) groups is 1. The van der Waals surface area contributed by atoms with E-state index in [0.29, 0.717) is 24.9 Å². The molecule has 0 aliphatic carbocycles. The molecule has 2 aromatic rings. The van der Waals surface area contributed by atoms with Crippen molar-refractivity contribution in [2.24, 2.45) is 5.92 Å². The van der Waals surface area contributed by atoms with Gasteiger partial charge in [0.05, 0.1) is 17.2 Å². The summed E-state index contributed by atoms with van der Waals surface area (Å²) >= 11 is 0. The lowest BCUT2D eigenvalue weighted by molar-refractivity contribution is -0.137. The van der Waals surface area contributed by atoms with Gasteiger partial charge < -0.3 is 5.32 Å². The van der Waals surface area contributed by atoms with E-state index in [0.717, 1.165) is 17.7 Å². The Hall–Kier alpha value is -2.39. The van der Waals surface area contributed by atoms with Crippen LogP contribution >= 0.6 is 0 Å². The van der Waals surface area contributed by atoms with Gasteiger partial charge in [-0.15, -0.1) is 0 Å². The number of rotatable bonds is 5. The van der Waals surface area contributed by atoms with E-state index in [2.05, 4.69) is 5.32 Å². The number of alkyl halides is 3. The number of aryl methyl sites for hydroxylation is 1. The standard InChI is InChI=1S/C21H23F3N2O3S/c1-15-5-2-3-6-17(15)14-30(28,29)26-12-4-7-16(13-26)20(27)25-19-10-8-18(9-11-19)21(22,23)24/h2-3,5-6,8-11,16H,4,7,12-14H2,1H3,(H,25,27). The van der Waals surface area contributed by atoms with Crippen molar-refractivity contribution in [2.45, 2.75) is 31.7 Å². The number of sulfonamides is 1. The number of anilines is 1. The minimum Gasteiger partial charge on any atom is -0.326 e. The van der Waals surface area contributed by atoms with Gasteiger partial charge in [0.1, 0.15) is 0 Å². The maximum Gasteiger partial charge on any atom is 0.416 e. The summed E-state index contributed by atoms with van der Waals surface area (Å²) in [5.74, 6) is -1.09. The topological polar surface area (TPSA) is 66.5 Å². The summed E-state index contributed by atoms with van der Waals surface area (Å²) in [5, 5.41) is 2.59. The maximum absolute atomic E-state index is 12.9. The molecule has 1 aliphatic rings. The van der Waals surface area contributed by atoms with Crippen molar-refractivity contribution in [1.29, 1.82) is 0 Å². The Labute approximate surface area is 173 Å². The molecule has 1 N–H and O–H groups in total. The highest BCUT2D eigenvalue weighted by atomic mass is 32.2. The van der Waals surface area contributed by atoms with Crippen LogP contribution in [0, 0.1) is 12.8 Å². The van der Waals surface area contributed by atoms with E-state index in [1.807, 2.05) is 19.1 Å². The molecular formula is C21H23F3N2O3S. The second-order valence-electron chi connectivity index (χ2n) is 7.44. The Balaban J connectivity index is 1.65. The molecule has 9 heteroatoms. The summed E-state index contributed by atoms with van der Waals surface area (Å²) in [7, 11) is -3.59. The molecule has 0 spiro atoms. The number of carbonyl (C=O) groups excluding carboxylic acids is 1. The third kappa shape index (κ3) is 5.40. The van der Waals surface area contributed by atoms with Crippen molar-refractivity contribution >= 4 is 21.6 Å². The number of benzene rings is 2. The molecule has 1 saturated heterocycles. The van der Waals surface area contributed by atoms with E-state index >= 15 is 0 Å². The van der Waals surface area contributed by atoms with Crippen molar-refractivity contribution in [3.8, 4) is 0 Å². The van der Waals surface area contributed by atoms with Gasteiger partial charge in [-0.3, -0.25) is 4.79 Å². The normalized spacial score (nSPS) is 18.2. The van der Waals surface area contributed by atoms with Crippen molar-refractivity contribution in [2.75, 3.05) is 18.4 Å². The zero-order valence-corrected chi connectivity index (χ0v) is 17.3. The molecule has 1 fully saturated rings. The van der Waals surface area contributed by atoms with Crippen LogP contribution in [0.3, 0.4) is 0 Å². The van der Waals surface area contributed by atoms with Gasteiger partial charge in [-0.2, -0.15) is 13.2 Å². The lowest BCUT2D eigenvalue weighted by Crippen LogP contribution is -2.44. The summed E-state index contributed by atoms with van der Waals surface area (Å²) in [4.78, 5) is 12.6. The number of amides is 1. The van der Waals surface area contributed by atoms with Gasteiger partial charge in [0, 0.05) is 18.8 Å². The average molecular weight is 440 g/mol. The molecule has 0 aromatic heterocycles. The smallest absolute Gasteiger partial charge is 0.326 e. The highest BCUT2D eigenvalue weighted by Gasteiger charge is 2.33. The van der Waals surface area contributed by atoms with Crippen molar-refractivity contribution in [3.05, 3.63) is 65.2 Å². The second kappa shape index (κ2) is 8.77. The maximum atomic E-state index is 12.9. The Kier molecular flexibility index (Phi) is 6.52. The molecule has 1 aliphatic heterocycles. The molecule has 30 heavy (non-hydrogen) atoms. The van der Waals surface area contributed by atoms with Crippen LogP contribution in [0.4, 0.5) is 18.9 Å². The number of nitrogens with one attached hydrogen (secondary N) is 1. The first kappa shape index (κ1) is 22.3. The summed E-state index contributed by atoms with van der Waals surface area (Å²) in [6.45, 7) is 2.25. The quantitative estimate of drug-likeness (QED) is 0.758. The summed E-state index contributed by atoms with van der Waals surface area (Å²) in [6, 6.07) is 11.4. The number of hydrogen-bond acceptors (Lipinski definition) is 3. The molecule has 1 heterocycles. The van der Waals surface area contributed by atoms with Crippen molar-refractivity contribution in [1.82, 2.24) is 4.31 Å². The van der Waals surface area contributed by atoms with Gasteiger partial charge in [0.15, 0.2) is 0 Å². The van der Waals surface area contributed by atoms with Crippen molar-refractivity contribution < 1.29 is 26.4 Å². The minimum atomic E-state index is -4.45. The molecule has 0 saturated carbocycles. The van der Waals surface area contributed by atoms with E-state index in [9.17, 15) is 26.4 Å². The first-order valence-electron chi connectivity index (χ1n) is 9.57. The first-order valence-corrected chi connectivity index (χ1v) is 11.2. The predicted octanol–water partition coefficient (Wildman–Crippen LogP) is 4.19. The summed E-state index contributed by atoms with van der Waals surface area (Å²) in [5.41, 5.74) is 1.04. The SMILES string of the molecule is Cc1ccccc1CS(=O)(=O)N1CCCC(C(=O)Nc2ccc(C(F)(F)F)cc2)C1. The lowest BCUT2D eigenvalue weighted by atomic mass is 9.98. The average Bonchev–Trinajstić information content (AvgIpc) is 2.69. The molecule has 5 nitrogen and oxygen atoms in total. The lowest BCUT2D eigenvalue weighted by Gasteiger charge is -2.31. The third-order valence-electron chi connectivity index (χ3n) is 5.23. The zero-order chi connectivity index (χ0) is 21.9. The fourth-order valence-corrected chi connectivity index (χ4v) is 5.17. The van der Waals surface area contributed by atoms with Crippen LogP contribution in [0.1, 0.15) is 29.5 Å². The van der Waals surface area contributed by atoms with E-state index in [1.165, 1.54) is 16.4 Å². The minimum absolute atomic E-state index is 0.0562. The van der Waals surface area contributed by atoms with Crippen LogP contribution in [0.25, 0.3) is 0 Å². The van der Waals surface area contributed by atoms with Crippen LogP contribution in [0.2, 0.25) is 0 Å². The molecule has 1 atom stereocenters. The van der Waals surface area contributed by atoms with Crippen LogP contribution in [-0.4, -0.2) is 31.7 Å². The number of hydrogen-bond donors (Lipinski definition) is 1. The van der Waals surface area contributed by atoms with Gasteiger partial charge in [0.2, 0.25) is 15.9 Å². The van der Waals surface area contributed by atoms with Crippen molar-refractivity contribution in [3.63, 3.8) is 0 Å². The number of piperidine rings is 1. The molecule has 1 amide bonds. The van der Waals surface area contributed by atoms with E-state index in [4.69, 9.17) is 0 Å². The van der Waals surface area contributed by atoms with Crippen LogP contribution in [0.15, 0.2) is 48.5 Å². The van der Waals surface area contributed by atoms with Crippen LogP contribution < -0.4 is 5.32 Å². The van der Waals surface area contributed by atoms with Crippen LogP contribution in [-0.2, 0) is 26.7 Å². The molecule has 2 aromatic carbocycles. The van der Waals surface area contributed by atoms with Gasteiger partial charge >= 0.3 is 6.18 Å². The molecule has 0 bridgehead atoms. The Bertz CT molecular complexity index is 1000. The van der Waals surface area contributed by atoms with Gasteiger partial charge in [-0.1, -0.05) is 24.3 Å². The van der Waals surface area contributed by atoms with E-state index in [-0.39, 0.29) is 18.0 Å². The fraction of sp³-hybridized carbons (Fsp3) is 0.381. The molecule has 162 valence electrons. The van der Waals surface area contributed by atoms with Gasteiger partial charge in [0.25, 0.3) is 0 Å². The van der Waals surface area contributed by atoms with E-state index in [1.54, 1.807) is 12.1 Å². The summed E-state index contributed by atoms with van der Waals surface area (Å²) in [6.07, 6.45) is -3.39. The Morgan fingerprint density at radius 2 is 1.80 bits per heavy atom. The monoisotopic (exact) mass is 440 g/mol. The predicted molar refractivity (Wildman–Crippen MR) is 108 cm³/mol. The second-order valence-corrected chi connectivity index (χ2v) is 9.41. The largest absolute Gasteiger partial charge is 0.416 e. The van der Waals surface area contributed by atoms with Gasteiger partial charge in [-0.05, 0) is 55.2 Å². The molecular weight excluding hydrogens is 417 g/mol. The zero-order valence-electron chi connectivity index (χ0n) is 16.4. The van der Waals surface area contributed by atoms with Crippen LogP contribution in [0.5, 0.6) is 0 Å². The van der Waals surface area contributed by atoms with E-state index < -0.39 is 33.6 Å².